The molecular weight excluding hydrogens is 166 g/mol. The molecule has 74 valence electrons. The van der Waals surface area contributed by atoms with E-state index in [9.17, 15) is 10.2 Å². The first kappa shape index (κ1) is 10.4. The number of hydrogen-bond donors (Lipinski definition) is 3. The predicted octanol–water partition coefficient (Wildman–Crippen LogP) is 0.191. The van der Waals surface area contributed by atoms with Gasteiger partial charge in [0.2, 0.25) is 0 Å². The topological polar surface area (TPSA) is 66.5 Å². The molecule has 2 atom stereocenters. The largest absolute Gasteiger partial charge is 0.395 e. The molecule has 0 aromatic carbocycles. The van der Waals surface area contributed by atoms with Gasteiger partial charge in [0.05, 0.1) is 12.7 Å². The van der Waals surface area contributed by atoms with Crippen LogP contribution >= 0.6 is 0 Å². The van der Waals surface area contributed by atoms with Crippen LogP contribution in [0.5, 0.6) is 0 Å². The molecule has 13 heavy (non-hydrogen) atoms. The van der Waals surface area contributed by atoms with Crippen molar-refractivity contribution in [2.75, 3.05) is 13.2 Å². The third-order valence-corrected chi connectivity index (χ3v) is 2.57. The molecule has 4 N–H and O–H groups in total. The van der Waals surface area contributed by atoms with Crippen molar-refractivity contribution >= 4 is 0 Å². The maximum Gasteiger partial charge on any atom is 0.0668 e. The fraction of sp³-hybridized carbons (Fsp3) is 0.600. The molecule has 0 spiro atoms. The van der Waals surface area contributed by atoms with Gasteiger partial charge in [0.25, 0.3) is 0 Å². The summed E-state index contributed by atoms with van der Waals surface area (Å²) in [5, 5.41) is 19.1. The Morgan fingerprint density at radius 1 is 1.46 bits per heavy atom. The molecule has 0 saturated carbocycles. The third-order valence-electron chi connectivity index (χ3n) is 2.57. The maximum absolute atomic E-state index is 9.80. The smallest absolute Gasteiger partial charge is 0.0668 e. The van der Waals surface area contributed by atoms with E-state index < -0.39 is 11.5 Å². The van der Waals surface area contributed by atoms with E-state index in [1.165, 1.54) is 0 Å². The van der Waals surface area contributed by atoms with Crippen LogP contribution in [0.4, 0.5) is 0 Å². The Hall–Kier alpha value is -0.640. The Bertz CT molecular complexity index is 213. The molecule has 0 fully saturated rings. The molecule has 1 aliphatic carbocycles. The first-order valence-corrected chi connectivity index (χ1v) is 4.58. The van der Waals surface area contributed by atoms with Gasteiger partial charge in [0, 0.05) is 5.41 Å². The van der Waals surface area contributed by atoms with Crippen LogP contribution < -0.4 is 5.73 Å². The average Bonchev–Trinajstić information content (AvgIpc) is 2.19. The molecule has 0 aromatic rings. The van der Waals surface area contributed by atoms with E-state index in [1.807, 2.05) is 24.3 Å². The molecule has 3 heteroatoms. The predicted molar refractivity (Wildman–Crippen MR) is 52.1 cm³/mol. The number of aliphatic hydroxyl groups excluding tert-OH is 2. The molecular formula is C10H17NO2. The van der Waals surface area contributed by atoms with Crippen molar-refractivity contribution < 1.29 is 10.2 Å². The Balaban J connectivity index is 2.69. The van der Waals surface area contributed by atoms with E-state index in [0.29, 0.717) is 19.4 Å². The van der Waals surface area contributed by atoms with Crippen LogP contribution in [0.25, 0.3) is 0 Å². The molecule has 0 bridgehead atoms. The van der Waals surface area contributed by atoms with Crippen molar-refractivity contribution in [2.45, 2.75) is 18.9 Å². The minimum atomic E-state index is -0.552. The van der Waals surface area contributed by atoms with E-state index in [4.69, 9.17) is 5.73 Å². The minimum absolute atomic E-state index is 0.0327. The molecule has 0 heterocycles. The van der Waals surface area contributed by atoms with Gasteiger partial charge in [-0.25, -0.2) is 0 Å². The number of hydrogen-bond acceptors (Lipinski definition) is 3. The average molecular weight is 183 g/mol. The van der Waals surface area contributed by atoms with Gasteiger partial charge in [-0.15, -0.1) is 0 Å². The molecule has 1 aliphatic rings. The number of rotatable bonds is 4. The summed E-state index contributed by atoms with van der Waals surface area (Å²) in [6.45, 7) is 0.412. The lowest BCUT2D eigenvalue weighted by Gasteiger charge is -2.34. The van der Waals surface area contributed by atoms with Crippen molar-refractivity contribution in [2.24, 2.45) is 11.1 Å². The van der Waals surface area contributed by atoms with E-state index in [1.54, 1.807) is 0 Å². The highest BCUT2D eigenvalue weighted by Gasteiger charge is 2.33. The number of allylic oxidation sites excluding steroid dienone is 3. The zero-order valence-electron chi connectivity index (χ0n) is 7.69. The SMILES string of the molecule is NCCC(O)C1(CO)C=CC=CC1. The molecule has 3 nitrogen and oxygen atoms in total. The fourth-order valence-corrected chi connectivity index (χ4v) is 1.60. The van der Waals surface area contributed by atoms with Crippen molar-refractivity contribution in [3.63, 3.8) is 0 Å². The minimum Gasteiger partial charge on any atom is -0.395 e. The van der Waals surface area contributed by atoms with Gasteiger partial charge in [-0.05, 0) is 19.4 Å². The van der Waals surface area contributed by atoms with Crippen molar-refractivity contribution in [3.8, 4) is 0 Å². The van der Waals surface area contributed by atoms with Crippen molar-refractivity contribution in [1.82, 2.24) is 0 Å². The summed E-state index contributed by atoms with van der Waals surface area (Å²) in [7, 11) is 0. The van der Waals surface area contributed by atoms with Crippen LogP contribution in [0.15, 0.2) is 24.3 Å². The second kappa shape index (κ2) is 4.56. The summed E-state index contributed by atoms with van der Waals surface area (Å²) >= 11 is 0. The summed E-state index contributed by atoms with van der Waals surface area (Å²) in [5.74, 6) is 0. The Morgan fingerprint density at radius 3 is 2.69 bits per heavy atom. The van der Waals surface area contributed by atoms with Crippen LogP contribution in [0.1, 0.15) is 12.8 Å². The first-order chi connectivity index (χ1) is 6.25. The van der Waals surface area contributed by atoms with Gasteiger partial charge in [-0.2, -0.15) is 0 Å². The second-order valence-electron chi connectivity index (χ2n) is 3.48. The van der Waals surface area contributed by atoms with E-state index >= 15 is 0 Å². The fourth-order valence-electron chi connectivity index (χ4n) is 1.60. The normalized spacial score (nSPS) is 29.2. The van der Waals surface area contributed by atoms with E-state index in [2.05, 4.69) is 0 Å². The van der Waals surface area contributed by atoms with Gasteiger partial charge in [0.1, 0.15) is 0 Å². The molecule has 0 saturated heterocycles. The van der Waals surface area contributed by atoms with Gasteiger partial charge in [0.15, 0.2) is 0 Å². The van der Waals surface area contributed by atoms with Crippen LogP contribution in [0, 0.1) is 5.41 Å². The molecule has 0 aromatic heterocycles. The van der Waals surface area contributed by atoms with Gasteiger partial charge >= 0.3 is 0 Å². The first-order valence-electron chi connectivity index (χ1n) is 4.58. The van der Waals surface area contributed by atoms with Crippen LogP contribution in [0.3, 0.4) is 0 Å². The summed E-state index contributed by atoms with van der Waals surface area (Å²) in [6.07, 6.45) is 8.26. The molecule has 0 aliphatic heterocycles. The molecule has 0 radical (unpaired) electrons. The van der Waals surface area contributed by atoms with Crippen LogP contribution in [-0.2, 0) is 0 Å². The zero-order valence-corrected chi connectivity index (χ0v) is 7.69. The lowest BCUT2D eigenvalue weighted by molar-refractivity contribution is 0.0132. The third kappa shape index (κ3) is 2.18. The van der Waals surface area contributed by atoms with Crippen molar-refractivity contribution in [3.05, 3.63) is 24.3 Å². The quantitative estimate of drug-likeness (QED) is 0.583. The zero-order chi connectivity index (χ0) is 9.73. The molecule has 0 amide bonds. The highest BCUT2D eigenvalue weighted by atomic mass is 16.3. The summed E-state index contributed by atoms with van der Waals surface area (Å²) in [6, 6.07) is 0. The number of nitrogens with two attached hydrogens (primary N) is 1. The standard InChI is InChI=1S/C10H17NO2/c11-7-4-9(13)10(8-12)5-2-1-3-6-10/h1-3,5,9,12-13H,4,6-8,11H2. The Morgan fingerprint density at radius 2 is 2.23 bits per heavy atom. The number of aliphatic hydroxyl groups is 2. The summed E-state index contributed by atoms with van der Waals surface area (Å²) < 4.78 is 0. The Labute approximate surface area is 78.6 Å². The lowest BCUT2D eigenvalue weighted by Crippen LogP contribution is -2.38. The van der Waals surface area contributed by atoms with Gasteiger partial charge < -0.3 is 15.9 Å². The van der Waals surface area contributed by atoms with Gasteiger partial charge in [-0.3, -0.25) is 0 Å². The maximum atomic E-state index is 9.80. The van der Waals surface area contributed by atoms with Crippen LogP contribution in [-0.4, -0.2) is 29.5 Å². The summed E-state index contributed by atoms with van der Waals surface area (Å²) in [5.41, 5.74) is 4.86. The highest BCUT2D eigenvalue weighted by Crippen LogP contribution is 2.32. The summed E-state index contributed by atoms with van der Waals surface area (Å²) in [4.78, 5) is 0. The van der Waals surface area contributed by atoms with Crippen LogP contribution in [0.2, 0.25) is 0 Å². The Kier molecular flexibility index (Phi) is 3.66. The molecule has 1 rings (SSSR count). The highest BCUT2D eigenvalue weighted by molar-refractivity contribution is 5.18. The van der Waals surface area contributed by atoms with E-state index in [0.717, 1.165) is 0 Å². The van der Waals surface area contributed by atoms with Gasteiger partial charge in [-0.1, -0.05) is 24.3 Å². The lowest BCUT2D eigenvalue weighted by atomic mass is 9.76. The van der Waals surface area contributed by atoms with Crippen molar-refractivity contribution in [1.29, 1.82) is 0 Å². The second-order valence-corrected chi connectivity index (χ2v) is 3.48. The van der Waals surface area contributed by atoms with E-state index in [-0.39, 0.29) is 6.61 Å². The molecule has 2 unspecified atom stereocenters. The monoisotopic (exact) mass is 183 g/mol.